The number of likely N-dealkylation sites (N-methyl/N-ethyl adjacent to an activating group) is 1. The Balaban J connectivity index is 1.32. The first-order chi connectivity index (χ1) is 15.5. The number of hydrogen-bond donors (Lipinski definition) is 2. The molecule has 3 amide bonds. The summed E-state index contributed by atoms with van der Waals surface area (Å²) in [6.45, 7) is 0.580. The van der Waals surface area contributed by atoms with Crippen molar-refractivity contribution in [3.8, 4) is 0 Å². The van der Waals surface area contributed by atoms with Crippen LogP contribution < -0.4 is 10.6 Å². The Hall–Kier alpha value is -3.26. The second kappa shape index (κ2) is 9.48. The molecule has 0 spiro atoms. The van der Waals surface area contributed by atoms with E-state index in [0.717, 1.165) is 24.8 Å². The van der Waals surface area contributed by atoms with Crippen LogP contribution in [-0.4, -0.2) is 28.9 Å². The lowest BCUT2D eigenvalue weighted by Gasteiger charge is -2.43. The maximum atomic E-state index is 13.3. The lowest BCUT2D eigenvalue weighted by Crippen LogP contribution is -2.49. The number of carbonyl (C=O) groups is 2. The lowest BCUT2D eigenvalue weighted by molar-refractivity contribution is -0.140. The van der Waals surface area contributed by atoms with Crippen molar-refractivity contribution < 1.29 is 14.0 Å². The Morgan fingerprint density at radius 1 is 1.16 bits per heavy atom. The van der Waals surface area contributed by atoms with Gasteiger partial charge in [0, 0.05) is 19.0 Å². The van der Waals surface area contributed by atoms with E-state index in [1.807, 2.05) is 35.7 Å². The highest BCUT2D eigenvalue weighted by Crippen LogP contribution is 2.45. The maximum absolute atomic E-state index is 13.3. The molecule has 1 saturated carbocycles. The predicted octanol–water partition coefficient (Wildman–Crippen LogP) is 4.68. The van der Waals surface area contributed by atoms with Crippen molar-refractivity contribution >= 4 is 28.4 Å². The summed E-state index contributed by atoms with van der Waals surface area (Å²) in [5, 5.41) is 7.65. The minimum atomic E-state index is -0.441. The molecule has 1 aromatic heterocycles. The Bertz CT molecular complexity index is 1100. The van der Waals surface area contributed by atoms with Gasteiger partial charge in [-0.3, -0.25) is 10.1 Å². The number of rotatable bonds is 7. The van der Waals surface area contributed by atoms with Crippen LogP contribution in [0, 0.1) is 5.82 Å². The largest absolute Gasteiger partial charge is 0.339 e. The first kappa shape index (κ1) is 22.0. The summed E-state index contributed by atoms with van der Waals surface area (Å²) in [4.78, 5) is 31.6. The van der Waals surface area contributed by atoms with Crippen LogP contribution in [0.25, 0.3) is 0 Å². The van der Waals surface area contributed by atoms with Gasteiger partial charge in [-0.15, -0.1) is 11.3 Å². The van der Waals surface area contributed by atoms with Crippen molar-refractivity contribution in [3.05, 3.63) is 82.6 Å². The van der Waals surface area contributed by atoms with Crippen molar-refractivity contribution in [1.82, 2.24) is 15.2 Å². The smallest absolute Gasteiger partial charge is 0.321 e. The number of nitrogens with zero attached hydrogens (tertiary/aromatic N) is 2. The van der Waals surface area contributed by atoms with Gasteiger partial charge in [0.15, 0.2) is 5.13 Å². The second-order valence-electron chi connectivity index (χ2n) is 8.04. The molecule has 0 aliphatic heterocycles. The van der Waals surface area contributed by atoms with E-state index in [9.17, 15) is 14.0 Å². The van der Waals surface area contributed by atoms with E-state index in [1.165, 1.54) is 23.5 Å². The van der Waals surface area contributed by atoms with Crippen molar-refractivity contribution in [2.24, 2.45) is 0 Å². The van der Waals surface area contributed by atoms with E-state index in [2.05, 4.69) is 15.6 Å². The van der Waals surface area contributed by atoms with Crippen LogP contribution in [0.3, 0.4) is 0 Å². The number of hydrogen-bond acceptors (Lipinski definition) is 4. The fourth-order valence-electron chi connectivity index (χ4n) is 4.00. The Kier molecular flexibility index (Phi) is 6.50. The van der Waals surface area contributed by atoms with Gasteiger partial charge < -0.3 is 10.2 Å². The third-order valence-corrected chi connectivity index (χ3v) is 6.61. The molecule has 0 radical (unpaired) electrons. The molecule has 1 fully saturated rings. The molecule has 0 atom stereocenters. The van der Waals surface area contributed by atoms with Gasteiger partial charge in [-0.1, -0.05) is 48.9 Å². The molecule has 3 aromatic rings. The van der Waals surface area contributed by atoms with Crippen LogP contribution in [-0.2, 0) is 23.3 Å². The van der Waals surface area contributed by atoms with Gasteiger partial charge in [-0.25, -0.2) is 14.2 Å². The summed E-state index contributed by atoms with van der Waals surface area (Å²) in [5.74, 6) is -0.241. The van der Waals surface area contributed by atoms with Crippen molar-refractivity contribution in [1.29, 1.82) is 0 Å². The molecule has 1 heterocycles. The van der Waals surface area contributed by atoms with Crippen LogP contribution in [0.2, 0.25) is 0 Å². The Labute approximate surface area is 190 Å². The lowest BCUT2D eigenvalue weighted by atomic mass is 9.63. The zero-order valence-corrected chi connectivity index (χ0v) is 18.6. The van der Waals surface area contributed by atoms with Crippen molar-refractivity contribution in [3.63, 3.8) is 0 Å². The van der Waals surface area contributed by atoms with E-state index in [4.69, 9.17) is 0 Å². The highest BCUT2D eigenvalue weighted by molar-refractivity contribution is 7.13. The number of aromatic nitrogens is 1. The zero-order chi connectivity index (χ0) is 22.6. The topological polar surface area (TPSA) is 74.3 Å². The van der Waals surface area contributed by atoms with Crippen molar-refractivity contribution in [2.45, 2.75) is 37.8 Å². The summed E-state index contributed by atoms with van der Waals surface area (Å²) in [5.41, 5.74) is 2.01. The number of carbonyl (C=O) groups excluding carboxylic acids is 2. The molecular formula is C24H25FN4O2S. The molecule has 4 rings (SSSR count). The molecule has 8 heteroatoms. The number of amides is 3. The number of halogens is 1. The van der Waals surface area contributed by atoms with Gasteiger partial charge in [0.1, 0.15) is 5.82 Å². The fraction of sp³-hybridized carbons (Fsp3) is 0.292. The molecule has 166 valence electrons. The molecule has 1 aliphatic carbocycles. The SMILES string of the molecule is CN(Cc1csc(NC(=O)NCc2cccc(F)c2)n1)C(=O)C1(c2ccccc2)CCC1. The van der Waals surface area contributed by atoms with Crippen molar-refractivity contribution in [2.75, 3.05) is 12.4 Å². The van der Waals surface area contributed by atoms with Crippen LogP contribution in [0.1, 0.15) is 36.1 Å². The van der Waals surface area contributed by atoms with E-state index in [1.54, 1.807) is 24.1 Å². The number of nitrogens with one attached hydrogen (secondary N) is 2. The number of thiazole rings is 1. The normalized spacial score (nSPS) is 14.3. The quantitative estimate of drug-likeness (QED) is 0.546. The third kappa shape index (κ3) is 4.80. The maximum Gasteiger partial charge on any atom is 0.321 e. The molecule has 32 heavy (non-hydrogen) atoms. The number of benzene rings is 2. The first-order valence-corrected chi connectivity index (χ1v) is 11.4. The number of anilines is 1. The van der Waals surface area contributed by atoms with Gasteiger partial charge in [0.25, 0.3) is 0 Å². The van der Waals surface area contributed by atoms with Gasteiger partial charge in [0.2, 0.25) is 5.91 Å². The number of urea groups is 1. The summed E-state index contributed by atoms with van der Waals surface area (Å²) in [6, 6.07) is 15.6. The van der Waals surface area contributed by atoms with Crippen LogP contribution in [0.5, 0.6) is 0 Å². The van der Waals surface area contributed by atoms with E-state index >= 15 is 0 Å². The van der Waals surface area contributed by atoms with Gasteiger partial charge >= 0.3 is 6.03 Å². The average Bonchev–Trinajstić information content (AvgIpc) is 3.19. The molecular weight excluding hydrogens is 427 g/mol. The van der Waals surface area contributed by atoms with E-state index < -0.39 is 11.4 Å². The standard InChI is InChI=1S/C24H25FN4O2S/c1-29(21(30)24(11-6-12-24)18-8-3-2-4-9-18)15-20-16-32-23(27-20)28-22(31)26-14-17-7-5-10-19(25)13-17/h2-5,7-10,13,16H,6,11-12,14-15H2,1H3,(H2,26,27,28,31). The van der Waals surface area contributed by atoms with Gasteiger partial charge in [-0.05, 0) is 36.1 Å². The minimum Gasteiger partial charge on any atom is -0.339 e. The van der Waals surface area contributed by atoms with Gasteiger partial charge in [-0.2, -0.15) is 0 Å². The second-order valence-corrected chi connectivity index (χ2v) is 8.90. The van der Waals surface area contributed by atoms with Crippen LogP contribution in [0.15, 0.2) is 60.0 Å². The predicted molar refractivity (Wildman–Crippen MR) is 123 cm³/mol. The fourth-order valence-corrected chi connectivity index (χ4v) is 4.70. The molecule has 0 bridgehead atoms. The Morgan fingerprint density at radius 2 is 1.94 bits per heavy atom. The first-order valence-electron chi connectivity index (χ1n) is 10.5. The third-order valence-electron chi connectivity index (χ3n) is 5.80. The van der Waals surface area contributed by atoms with Crippen LogP contribution in [0.4, 0.5) is 14.3 Å². The summed E-state index contributed by atoms with van der Waals surface area (Å²) in [6.07, 6.45) is 2.76. The summed E-state index contributed by atoms with van der Waals surface area (Å²) in [7, 11) is 1.80. The minimum absolute atomic E-state index is 0.102. The van der Waals surface area contributed by atoms with E-state index in [-0.39, 0.29) is 18.3 Å². The summed E-state index contributed by atoms with van der Waals surface area (Å²) < 4.78 is 13.2. The van der Waals surface area contributed by atoms with Crippen LogP contribution >= 0.6 is 11.3 Å². The Morgan fingerprint density at radius 3 is 2.62 bits per heavy atom. The molecule has 6 nitrogen and oxygen atoms in total. The zero-order valence-electron chi connectivity index (χ0n) is 17.8. The molecule has 2 aromatic carbocycles. The molecule has 2 N–H and O–H groups in total. The summed E-state index contributed by atoms with van der Waals surface area (Å²) >= 11 is 1.30. The molecule has 0 saturated heterocycles. The average molecular weight is 453 g/mol. The molecule has 0 unspecified atom stereocenters. The van der Waals surface area contributed by atoms with Gasteiger partial charge in [0.05, 0.1) is 17.7 Å². The highest BCUT2D eigenvalue weighted by atomic mass is 32.1. The monoisotopic (exact) mass is 452 g/mol. The highest BCUT2D eigenvalue weighted by Gasteiger charge is 2.46. The van der Waals surface area contributed by atoms with E-state index in [0.29, 0.717) is 22.9 Å². The molecule has 1 aliphatic rings.